The zero-order valence-corrected chi connectivity index (χ0v) is 11.2. The van der Waals surface area contributed by atoms with Crippen LogP contribution in [0.15, 0.2) is 12.4 Å². The maximum absolute atomic E-state index is 5.96. The first-order chi connectivity index (χ1) is 8.79. The predicted molar refractivity (Wildman–Crippen MR) is 69.3 cm³/mol. The molecule has 1 aliphatic carbocycles. The Morgan fingerprint density at radius 2 is 2.33 bits per heavy atom. The highest BCUT2D eigenvalue weighted by molar-refractivity contribution is 5.15. The second kappa shape index (κ2) is 4.99. The highest BCUT2D eigenvalue weighted by Crippen LogP contribution is 2.38. The van der Waals surface area contributed by atoms with Crippen LogP contribution >= 0.6 is 0 Å². The van der Waals surface area contributed by atoms with Gasteiger partial charge in [0.1, 0.15) is 0 Å². The molecule has 0 bridgehead atoms. The average Bonchev–Trinajstić information content (AvgIpc) is 3.12. The summed E-state index contributed by atoms with van der Waals surface area (Å²) < 4.78 is 7.84. The van der Waals surface area contributed by atoms with E-state index in [0.717, 1.165) is 25.7 Å². The number of morpholine rings is 1. The minimum absolute atomic E-state index is 0.230. The molecule has 1 saturated carbocycles. The van der Waals surface area contributed by atoms with E-state index in [2.05, 4.69) is 21.5 Å². The second-order valence-electron chi connectivity index (χ2n) is 5.33. The predicted octanol–water partition coefficient (Wildman–Crippen LogP) is 0.544. The summed E-state index contributed by atoms with van der Waals surface area (Å²) in [4.78, 5) is 2.61. The van der Waals surface area contributed by atoms with Crippen LogP contribution in [-0.4, -0.2) is 53.6 Å². The van der Waals surface area contributed by atoms with E-state index in [1.54, 1.807) is 0 Å². The summed E-state index contributed by atoms with van der Waals surface area (Å²) >= 11 is 0. The van der Waals surface area contributed by atoms with Crippen LogP contribution in [-0.2, 0) is 11.8 Å². The van der Waals surface area contributed by atoms with E-state index in [0.29, 0.717) is 6.04 Å². The van der Waals surface area contributed by atoms with Gasteiger partial charge in [0, 0.05) is 37.9 Å². The standard InChI is InChI=1S/C13H22N4O/c1-14-8-12-13(10-7-15-16(2)9-10)17(5-6-18-12)11-3-4-11/h7,9,11-14H,3-6,8H2,1-2H3. The zero-order chi connectivity index (χ0) is 12.5. The highest BCUT2D eigenvalue weighted by atomic mass is 16.5. The van der Waals surface area contributed by atoms with E-state index in [-0.39, 0.29) is 6.10 Å². The molecule has 5 heteroatoms. The topological polar surface area (TPSA) is 42.3 Å². The van der Waals surface area contributed by atoms with Crippen molar-refractivity contribution >= 4 is 0 Å². The normalized spacial score (nSPS) is 29.7. The lowest BCUT2D eigenvalue weighted by Gasteiger charge is -2.41. The Bertz CT molecular complexity index is 399. The minimum atomic E-state index is 0.230. The molecular formula is C13H22N4O. The molecule has 2 aliphatic rings. The maximum Gasteiger partial charge on any atom is 0.0897 e. The number of nitrogens with one attached hydrogen (secondary N) is 1. The summed E-state index contributed by atoms with van der Waals surface area (Å²) in [6.07, 6.45) is 7.01. The zero-order valence-electron chi connectivity index (χ0n) is 11.2. The van der Waals surface area contributed by atoms with E-state index in [4.69, 9.17) is 4.74 Å². The lowest BCUT2D eigenvalue weighted by molar-refractivity contribution is -0.0740. The van der Waals surface area contributed by atoms with Crippen molar-refractivity contribution in [1.29, 1.82) is 0 Å². The van der Waals surface area contributed by atoms with E-state index in [1.807, 2.05) is 25.0 Å². The third kappa shape index (κ3) is 2.30. The van der Waals surface area contributed by atoms with Crippen LogP contribution in [0.25, 0.3) is 0 Å². The number of aromatic nitrogens is 2. The molecule has 0 radical (unpaired) electrons. The van der Waals surface area contributed by atoms with Crippen molar-refractivity contribution in [1.82, 2.24) is 20.0 Å². The number of hydrogen-bond acceptors (Lipinski definition) is 4. The number of aryl methyl sites for hydroxylation is 1. The fraction of sp³-hybridized carbons (Fsp3) is 0.769. The lowest BCUT2D eigenvalue weighted by atomic mass is 10.0. The lowest BCUT2D eigenvalue weighted by Crippen LogP contribution is -2.49. The molecule has 1 aliphatic heterocycles. The largest absolute Gasteiger partial charge is 0.374 e. The Morgan fingerprint density at radius 1 is 1.50 bits per heavy atom. The molecule has 100 valence electrons. The Balaban J connectivity index is 1.85. The molecule has 0 amide bonds. The van der Waals surface area contributed by atoms with Gasteiger partial charge < -0.3 is 10.1 Å². The van der Waals surface area contributed by atoms with Gasteiger partial charge in [-0.3, -0.25) is 9.58 Å². The van der Waals surface area contributed by atoms with Gasteiger partial charge in [-0.1, -0.05) is 0 Å². The minimum Gasteiger partial charge on any atom is -0.374 e. The smallest absolute Gasteiger partial charge is 0.0897 e. The van der Waals surface area contributed by atoms with Crippen molar-refractivity contribution in [3.8, 4) is 0 Å². The molecule has 0 aromatic carbocycles. The number of ether oxygens (including phenoxy) is 1. The van der Waals surface area contributed by atoms with Gasteiger partial charge in [-0.15, -0.1) is 0 Å². The first-order valence-electron chi connectivity index (χ1n) is 6.80. The average molecular weight is 250 g/mol. The van der Waals surface area contributed by atoms with Gasteiger partial charge in [-0.05, 0) is 19.9 Å². The van der Waals surface area contributed by atoms with Crippen molar-refractivity contribution in [2.45, 2.75) is 31.0 Å². The van der Waals surface area contributed by atoms with Gasteiger partial charge >= 0.3 is 0 Å². The van der Waals surface area contributed by atoms with Crippen LogP contribution < -0.4 is 5.32 Å². The molecule has 1 saturated heterocycles. The Morgan fingerprint density at radius 3 is 2.94 bits per heavy atom. The molecule has 2 unspecified atom stereocenters. The SMILES string of the molecule is CNCC1OCCN(C2CC2)C1c1cnn(C)c1. The van der Waals surface area contributed by atoms with Crippen molar-refractivity contribution in [3.63, 3.8) is 0 Å². The molecule has 2 heterocycles. The number of hydrogen-bond donors (Lipinski definition) is 1. The number of nitrogens with zero attached hydrogens (tertiary/aromatic N) is 3. The molecule has 2 atom stereocenters. The molecule has 1 N–H and O–H groups in total. The quantitative estimate of drug-likeness (QED) is 0.847. The van der Waals surface area contributed by atoms with Crippen molar-refractivity contribution in [3.05, 3.63) is 18.0 Å². The van der Waals surface area contributed by atoms with Crippen LogP contribution in [0.3, 0.4) is 0 Å². The summed E-state index contributed by atoms with van der Waals surface area (Å²) in [6.45, 7) is 2.78. The number of rotatable bonds is 4. The monoisotopic (exact) mass is 250 g/mol. The fourth-order valence-corrected chi connectivity index (χ4v) is 2.94. The maximum atomic E-state index is 5.96. The van der Waals surface area contributed by atoms with Crippen molar-refractivity contribution in [2.24, 2.45) is 7.05 Å². The molecule has 3 rings (SSSR count). The van der Waals surface area contributed by atoms with Crippen LogP contribution in [0.2, 0.25) is 0 Å². The summed E-state index contributed by atoms with van der Waals surface area (Å²) in [5, 5.41) is 7.56. The summed E-state index contributed by atoms with van der Waals surface area (Å²) in [6, 6.07) is 1.12. The first-order valence-corrected chi connectivity index (χ1v) is 6.80. The number of likely N-dealkylation sites (N-methyl/N-ethyl adjacent to an activating group) is 1. The summed E-state index contributed by atoms with van der Waals surface area (Å²) in [5.41, 5.74) is 1.28. The third-order valence-electron chi connectivity index (χ3n) is 3.88. The van der Waals surface area contributed by atoms with E-state index in [1.165, 1.54) is 18.4 Å². The van der Waals surface area contributed by atoms with Gasteiger partial charge in [-0.2, -0.15) is 5.10 Å². The van der Waals surface area contributed by atoms with Crippen molar-refractivity contribution < 1.29 is 4.74 Å². The Hall–Kier alpha value is -0.910. The van der Waals surface area contributed by atoms with Crippen LogP contribution in [0.1, 0.15) is 24.4 Å². The summed E-state index contributed by atoms with van der Waals surface area (Å²) in [5.74, 6) is 0. The van der Waals surface area contributed by atoms with E-state index in [9.17, 15) is 0 Å². The molecule has 0 spiro atoms. The molecular weight excluding hydrogens is 228 g/mol. The van der Waals surface area contributed by atoms with Crippen LogP contribution in [0.4, 0.5) is 0 Å². The molecule has 5 nitrogen and oxygen atoms in total. The van der Waals surface area contributed by atoms with Crippen LogP contribution in [0.5, 0.6) is 0 Å². The second-order valence-corrected chi connectivity index (χ2v) is 5.33. The first kappa shape index (κ1) is 12.1. The highest BCUT2D eigenvalue weighted by Gasteiger charge is 2.41. The van der Waals surface area contributed by atoms with Gasteiger partial charge in [0.15, 0.2) is 0 Å². The fourth-order valence-electron chi connectivity index (χ4n) is 2.94. The Kier molecular flexibility index (Phi) is 3.37. The molecule has 1 aromatic heterocycles. The van der Waals surface area contributed by atoms with Gasteiger partial charge in [0.2, 0.25) is 0 Å². The van der Waals surface area contributed by atoms with Gasteiger partial charge in [0.05, 0.1) is 24.9 Å². The van der Waals surface area contributed by atoms with E-state index < -0.39 is 0 Å². The van der Waals surface area contributed by atoms with E-state index >= 15 is 0 Å². The van der Waals surface area contributed by atoms with Crippen LogP contribution in [0, 0.1) is 0 Å². The van der Waals surface area contributed by atoms with Gasteiger partial charge in [-0.25, -0.2) is 0 Å². The third-order valence-corrected chi connectivity index (χ3v) is 3.88. The van der Waals surface area contributed by atoms with Gasteiger partial charge in [0.25, 0.3) is 0 Å². The molecule has 18 heavy (non-hydrogen) atoms. The Labute approximate surface area is 108 Å². The molecule has 2 fully saturated rings. The molecule has 1 aromatic rings. The summed E-state index contributed by atoms with van der Waals surface area (Å²) in [7, 11) is 3.96. The van der Waals surface area contributed by atoms with Crippen molar-refractivity contribution in [2.75, 3.05) is 26.7 Å².